The molecule has 1 aromatic rings. The van der Waals surface area contributed by atoms with Crippen molar-refractivity contribution in [2.75, 3.05) is 7.05 Å². The third kappa shape index (κ3) is 6.39. The van der Waals surface area contributed by atoms with Gasteiger partial charge in [0.15, 0.2) is 0 Å². The fraction of sp³-hybridized carbons (Fsp3) is 0.400. The minimum Gasteiger partial charge on any atom is -0.296 e. The van der Waals surface area contributed by atoms with E-state index in [2.05, 4.69) is 38.1 Å². The molecule has 1 aliphatic heterocycles. The zero-order valence-electron chi connectivity index (χ0n) is 17.5. The predicted octanol–water partition coefficient (Wildman–Crippen LogP) is 6.54. The van der Waals surface area contributed by atoms with Crippen LogP contribution in [-0.2, 0) is 10.3 Å². The summed E-state index contributed by atoms with van der Waals surface area (Å²) >= 11 is 2.54. The minimum absolute atomic E-state index is 0.0381. The summed E-state index contributed by atoms with van der Waals surface area (Å²) in [5, 5.41) is 22.6. The average molecular weight is 479 g/mol. The van der Waals surface area contributed by atoms with Gasteiger partial charge in [-0.3, -0.25) is 4.84 Å². The van der Waals surface area contributed by atoms with Gasteiger partial charge in [-0.05, 0) is 47.8 Å². The number of benzene rings is 1. The van der Waals surface area contributed by atoms with Gasteiger partial charge in [0.05, 0.1) is 8.98 Å². The average Bonchev–Trinajstić information content (AvgIpc) is 2.98. The second kappa shape index (κ2) is 10.1. The Morgan fingerprint density at radius 3 is 2.33 bits per heavy atom. The van der Waals surface area contributed by atoms with Crippen LogP contribution in [0.1, 0.15) is 40.2 Å². The smallest absolute Gasteiger partial charge is 0.296 e. The molecule has 30 heavy (non-hydrogen) atoms. The summed E-state index contributed by atoms with van der Waals surface area (Å²) in [6, 6.07) is 12.0. The summed E-state index contributed by atoms with van der Waals surface area (Å²) in [5.41, 5.74) is 1.38. The summed E-state index contributed by atoms with van der Waals surface area (Å²) < 4.78 is 1.43. The van der Waals surface area contributed by atoms with Crippen LogP contribution in [0.3, 0.4) is 0 Å². The highest BCUT2D eigenvalue weighted by Crippen LogP contribution is 2.51. The third-order valence-corrected chi connectivity index (χ3v) is 9.18. The molecule has 1 aliphatic rings. The summed E-state index contributed by atoms with van der Waals surface area (Å²) in [5.74, 6) is 0. The molecule has 10 heteroatoms. The zero-order chi connectivity index (χ0) is 22.5. The molecule has 2 rings (SSSR count). The first-order valence-electron chi connectivity index (χ1n) is 8.87. The predicted molar refractivity (Wildman–Crippen MR) is 128 cm³/mol. The van der Waals surface area contributed by atoms with E-state index < -0.39 is 10.8 Å². The van der Waals surface area contributed by atoms with Crippen molar-refractivity contribution in [2.24, 2.45) is 5.16 Å². The van der Waals surface area contributed by atoms with Crippen LogP contribution in [0.25, 0.3) is 0 Å². The molecule has 1 aromatic carbocycles. The van der Waals surface area contributed by atoms with Gasteiger partial charge in [0, 0.05) is 22.9 Å². The molecule has 1 amide bonds. The quantitative estimate of drug-likeness (QED) is 0.158. The number of carbonyl (C=O) groups excluding carboxylic acids is 1. The van der Waals surface area contributed by atoms with Gasteiger partial charge in [-0.25, -0.2) is 9.10 Å². The molecule has 0 unspecified atom stereocenters. The van der Waals surface area contributed by atoms with Crippen LogP contribution in [0.5, 0.6) is 0 Å². The Morgan fingerprint density at radius 2 is 1.80 bits per heavy atom. The Balaban J connectivity index is 1.95. The molecule has 0 bridgehead atoms. The lowest BCUT2D eigenvalue weighted by Gasteiger charge is -2.19. The SMILES string of the molecule is CN(SSc1ccc(C(C)(C)C)cc1)C(=O)ON=C1SC(=C(C#N)C#N)SC1(C)C. The molecule has 0 aromatic heterocycles. The standard InChI is InChI=1S/C20H22N4O2S4/c1-19(2,3)14-7-9-15(10-8-14)29-30-24(6)18(25)26-23-17-20(4,5)28-16(27-17)13(11-21)12-22/h7-10H,1-6H3. The third-order valence-electron chi connectivity index (χ3n) is 3.91. The number of carbonyl (C=O) groups is 1. The first-order valence-corrected chi connectivity index (χ1v) is 12.6. The maximum absolute atomic E-state index is 12.3. The topological polar surface area (TPSA) is 89.5 Å². The van der Waals surface area contributed by atoms with Crippen molar-refractivity contribution >= 4 is 56.4 Å². The molecule has 1 saturated heterocycles. The number of nitrogens with zero attached hydrogens (tertiary/aromatic N) is 4. The molecule has 1 fully saturated rings. The maximum atomic E-state index is 12.3. The van der Waals surface area contributed by atoms with Crippen molar-refractivity contribution in [2.45, 2.75) is 49.7 Å². The van der Waals surface area contributed by atoms with Crippen molar-refractivity contribution in [1.82, 2.24) is 4.31 Å². The molecule has 158 valence electrons. The highest BCUT2D eigenvalue weighted by atomic mass is 33.1. The fourth-order valence-corrected chi connectivity index (χ4v) is 6.53. The molecule has 0 spiro atoms. The first-order chi connectivity index (χ1) is 14.0. The van der Waals surface area contributed by atoms with Crippen molar-refractivity contribution < 1.29 is 9.63 Å². The Bertz CT molecular complexity index is 935. The van der Waals surface area contributed by atoms with Crippen molar-refractivity contribution in [3.8, 4) is 12.1 Å². The number of allylic oxidation sites excluding steroid dienone is 1. The molecular weight excluding hydrogens is 457 g/mol. The van der Waals surface area contributed by atoms with Gasteiger partial charge in [-0.15, -0.1) is 11.8 Å². The number of hydrogen-bond acceptors (Lipinski definition) is 9. The highest BCUT2D eigenvalue weighted by Gasteiger charge is 2.39. The van der Waals surface area contributed by atoms with Crippen LogP contribution in [-0.4, -0.2) is 27.2 Å². The molecule has 1 heterocycles. The second-order valence-electron chi connectivity index (χ2n) is 7.78. The lowest BCUT2D eigenvalue weighted by Crippen LogP contribution is -2.23. The van der Waals surface area contributed by atoms with Crippen LogP contribution in [0, 0.1) is 22.7 Å². The van der Waals surface area contributed by atoms with Gasteiger partial charge in [0.25, 0.3) is 0 Å². The van der Waals surface area contributed by atoms with Crippen molar-refractivity contribution in [3.05, 3.63) is 39.6 Å². The summed E-state index contributed by atoms with van der Waals surface area (Å²) in [7, 11) is 4.30. The van der Waals surface area contributed by atoms with Gasteiger partial charge in [0.2, 0.25) is 0 Å². The van der Waals surface area contributed by atoms with Gasteiger partial charge in [-0.1, -0.05) is 49.8 Å². The zero-order valence-corrected chi connectivity index (χ0v) is 20.8. The van der Waals surface area contributed by atoms with Crippen LogP contribution >= 0.6 is 45.3 Å². The van der Waals surface area contributed by atoms with E-state index in [4.69, 9.17) is 15.4 Å². The molecule has 0 N–H and O–H groups in total. The van der Waals surface area contributed by atoms with E-state index in [9.17, 15) is 4.79 Å². The van der Waals surface area contributed by atoms with E-state index in [1.165, 1.54) is 55.2 Å². The Morgan fingerprint density at radius 1 is 1.20 bits per heavy atom. The van der Waals surface area contributed by atoms with Crippen LogP contribution < -0.4 is 0 Å². The lowest BCUT2D eigenvalue weighted by molar-refractivity contribution is 0.137. The normalized spacial score (nSPS) is 16.7. The molecular formula is C20H22N4O2S4. The number of rotatable bonds is 4. The Labute approximate surface area is 194 Å². The van der Waals surface area contributed by atoms with E-state index >= 15 is 0 Å². The second-order valence-corrected chi connectivity index (χ2v) is 13.0. The fourth-order valence-electron chi connectivity index (χ4n) is 2.13. The van der Waals surface area contributed by atoms with Gasteiger partial charge < -0.3 is 0 Å². The largest absolute Gasteiger partial charge is 0.446 e. The van der Waals surface area contributed by atoms with Crippen molar-refractivity contribution in [1.29, 1.82) is 10.5 Å². The number of thioether (sulfide) groups is 2. The maximum Gasteiger partial charge on any atom is 0.446 e. The molecule has 0 aliphatic carbocycles. The molecule has 0 radical (unpaired) electrons. The Kier molecular flexibility index (Phi) is 8.23. The monoisotopic (exact) mass is 478 g/mol. The highest BCUT2D eigenvalue weighted by molar-refractivity contribution is 8.75. The van der Waals surface area contributed by atoms with Crippen LogP contribution in [0.15, 0.2) is 44.1 Å². The Hall–Kier alpha value is -1.72. The number of nitriles is 2. The van der Waals surface area contributed by atoms with E-state index in [0.717, 1.165) is 4.90 Å². The van der Waals surface area contributed by atoms with Gasteiger partial charge in [-0.2, -0.15) is 10.5 Å². The van der Waals surface area contributed by atoms with E-state index in [1.54, 1.807) is 7.05 Å². The number of amides is 1. The van der Waals surface area contributed by atoms with Crippen LogP contribution in [0.4, 0.5) is 4.79 Å². The summed E-state index contributed by atoms with van der Waals surface area (Å²) in [6.07, 6.45) is -0.606. The van der Waals surface area contributed by atoms with Crippen molar-refractivity contribution in [3.63, 3.8) is 0 Å². The molecule has 0 saturated carbocycles. The molecule has 0 atom stereocenters. The number of oxime groups is 1. The van der Waals surface area contributed by atoms with Crippen LogP contribution in [0.2, 0.25) is 0 Å². The number of hydrogen-bond donors (Lipinski definition) is 0. The first kappa shape index (κ1) is 24.5. The molecule has 6 nitrogen and oxygen atoms in total. The van der Waals surface area contributed by atoms with E-state index in [1.807, 2.05) is 38.1 Å². The lowest BCUT2D eigenvalue weighted by atomic mass is 9.87. The van der Waals surface area contributed by atoms with Gasteiger partial charge in [0.1, 0.15) is 22.8 Å². The minimum atomic E-state index is -0.606. The summed E-state index contributed by atoms with van der Waals surface area (Å²) in [6.45, 7) is 10.3. The van der Waals surface area contributed by atoms with E-state index in [-0.39, 0.29) is 11.0 Å². The summed E-state index contributed by atoms with van der Waals surface area (Å²) in [4.78, 5) is 18.4. The van der Waals surface area contributed by atoms with Gasteiger partial charge >= 0.3 is 6.09 Å². The van der Waals surface area contributed by atoms with E-state index in [0.29, 0.717) is 9.28 Å².